The van der Waals surface area contributed by atoms with Gasteiger partial charge in [-0.2, -0.15) is 0 Å². The Hall–Kier alpha value is -1.55. The van der Waals surface area contributed by atoms with E-state index in [-0.39, 0.29) is 5.91 Å². The number of aryl methyl sites for hydroxylation is 1. The van der Waals surface area contributed by atoms with Gasteiger partial charge in [-0.15, -0.1) is 0 Å². The molecule has 1 amide bonds. The van der Waals surface area contributed by atoms with E-state index >= 15 is 0 Å². The molecule has 4 nitrogen and oxygen atoms in total. The third kappa shape index (κ3) is 4.24. The minimum atomic E-state index is -0.617. The summed E-state index contributed by atoms with van der Waals surface area (Å²) in [5.41, 5.74) is 7.24. The lowest BCUT2D eigenvalue weighted by Gasteiger charge is -2.27. The summed E-state index contributed by atoms with van der Waals surface area (Å²) in [6.07, 6.45) is 1.64. The Labute approximate surface area is 116 Å². The molecule has 0 heterocycles. The molecule has 3 N–H and O–H groups in total. The summed E-state index contributed by atoms with van der Waals surface area (Å²) >= 11 is 0. The van der Waals surface area contributed by atoms with Crippen molar-refractivity contribution in [3.05, 3.63) is 29.8 Å². The quantitative estimate of drug-likeness (QED) is 0.787. The van der Waals surface area contributed by atoms with Gasteiger partial charge >= 0.3 is 0 Å². The molecule has 1 atom stereocenters. The zero-order valence-electron chi connectivity index (χ0n) is 12.4. The number of primary amides is 1. The maximum atomic E-state index is 11.4. The Morgan fingerprint density at radius 2 is 1.95 bits per heavy atom. The maximum absolute atomic E-state index is 11.4. The highest BCUT2D eigenvalue weighted by Crippen LogP contribution is 2.16. The van der Waals surface area contributed by atoms with E-state index in [1.54, 1.807) is 7.05 Å². The molecule has 1 aromatic rings. The molecule has 1 aromatic carbocycles. The second-order valence-corrected chi connectivity index (χ2v) is 5.31. The third-order valence-corrected chi connectivity index (χ3v) is 3.74. The van der Waals surface area contributed by atoms with E-state index in [0.717, 1.165) is 19.4 Å². The molecular weight excluding hydrogens is 238 g/mol. The predicted molar refractivity (Wildman–Crippen MR) is 80.3 cm³/mol. The molecule has 0 saturated carbocycles. The van der Waals surface area contributed by atoms with Gasteiger partial charge in [-0.3, -0.25) is 4.79 Å². The highest BCUT2D eigenvalue weighted by molar-refractivity contribution is 5.84. The standard InChI is InChI=1S/C15H25N3O/c1-12-6-8-13(9-7-12)18(4)11-5-10-15(2,17-3)14(16)19/h6-9,17H,5,10-11H2,1-4H3,(H2,16,19). The second-order valence-electron chi connectivity index (χ2n) is 5.31. The predicted octanol–water partition coefficient (Wildman–Crippen LogP) is 1.67. The number of anilines is 1. The number of nitrogens with one attached hydrogen (secondary N) is 1. The van der Waals surface area contributed by atoms with Crippen LogP contribution in [0.1, 0.15) is 25.3 Å². The van der Waals surface area contributed by atoms with Gasteiger partial charge in [0.05, 0.1) is 5.54 Å². The van der Waals surface area contributed by atoms with E-state index in [0.29, 0.717) is 0 Å². The first-order valence-corrected chi connectivity index (χ1v) is 6.65. The lowest BCUT2D eigenvalue weighted by Crippen LogP contribution is -2.51. The number of carbonyl (C=O) groups is 1. The summed E-state index contributed by atoms with van der Waals surface area (Å²) < 4.78 is 0. The molecule has 0 aliphatic rings. The van der Waals surface area contributed by atoms with Gasteiger partial charge in [-0.25, -0.2) is 0 Å². The molecule has 1 rings (SSSR count). The minimum Gasteiger partial charge on any atom is -0.375 e. The Morgan fingerprint density at radius 1 is 1.37 bits per heavy atom. The van der Waals surface area contributed by atoms with Crippen molar-refractivity contribution >= 4 is 11.6 Å². The van der Waals surface area contributed by atoms with Gasteiger partial charge in [0, 0.05) is 19.3 Å². The van der Waals surface area contributed by atoms with E-state index in [1.165, 1.54) is 11.3 Å². The molecule has 19 heavy (non-hydrogen) atoms. The number of hydrogen-bond acceptors (Lipinski definition) is 3. The SMILES string of the molecule is CNC(C)(CCCN(C)c1ccc(C)cc1)C(N)=O. The summed E-state index contributed by atoms with van der Waals surface area (Å²) in [6, 6.07) is 8.43. The van der Waals surface area contributed by atoms with Gasteiger partial charge in [0.15, 0.2) is 0 Å². The number of likely N-dealkylation sites (N-methyl/N-ethyl adjacent to an activating group) is 1. The monoisotopic (exact) mass is 263 g/mol. The number of hydrogen-bond donors (Lipinski definition) is 2. The topological polar surface area (TPSA) is 58.4 Å². The van der Waals surface area contributed by atoms with E-state index in [4.69, 9.17) is 5.73 Å². The largest absolute Gasteiger partial charge is 0.375 e. The second kappa shape index (κ2) is 6.57. The van der Waals surface area contributed by atoms with Gasteiger partial charge in [0.25, 0.3) is 0 Å². The lowest BCUT2D eigenvalue weighted by atomic mass is 9.95. The Bertz CT molecular complexity index is 416. The molecule has 0 spiro atoms. The van der Waals surface area contributed by atoms with Crippen LogP contribution in [0.3, 0.4) is 0 Å². The van der Waals surface area contributed by atoms with Crippen molar-refractivity contribution in [3.8, 4) is 0 Å². The Morgan fingerprint density at radius 3 is 2.42 bits per heavy atom. The van der Waals surface area contributed by atoms with Gasteiger partial charge in [0.1, 0.15) is 0 Å². The number of carbonyl (C=O) groups excluding carboxylic acids is 1. The van der Waals surface area contributed by atoms with Crippen LogP contribution in [0.5, 0.6) is 0 Å². The van der Waals surface area contributed by atoms with E-state index < -0.39 is 5.54 Å². The van der Waals surface area contributed by atoms with Crippen LogP contribution < -0.4 is 16.0 Å². The summed E-state index contributed by atoms with van der Waals surface area (Å²) in [7, 11) is 3.83. The van der Waals surface area contributed by atoms with Gasteiger partial charge in [-0.1, -0.05) is 17.7 Å². The molecule has 106 valence electrons. The van der Waals surface area contributed by atoms with Crippen molar-refractivity contribution < 1.29 is 4.79 Å². The van der Waals surface area contributed by atoms with E-state index in [1.807, 2.05) is 6.92 Å². The fourth-order valence-corrected chi connectivity index (χ4v) is 1.97. The first-order valence-electron chi connectivity index (χ1n) is 6.65. The molecule has 0 radical (unpaired) electrons. The highest BCUT2D eigenvalue weighted by Gasteiger charge is 2.28. The fraction of sp³-hybridized carbons (Fsp3) is 0.533. The minimum absolute atomic E-state index is 0.298. The third-order valence-electron chi connectivity index (χ3n) is 3.74. The zero-order chi connectivity index (χ0) is 14.5. The van der Waals surface area contributed by atoms with E-state index in [9.17, 15) is 4.79 Å². The van der Waals surface area contributed by atoms with Crippen LogP contribution in [0.4, 0.5) is 5.69 Å². The van der Waals surface area contributed by atoms with Crippen LogP contribution in [0.25, 0.3) is 0 Å². The first-order chi connectivity index (χ1) is 8.89. The molecule has 0 fully saturated rings. The van der Waals surface area contributed by atoms with E-state index in [2.05, 4.69) is 48.5 Å². The summed E-state index contributed by atoms with van der Waals surface area (Å²) in [5.74, 6) is -0.298. The molecular formula is C15H25N3O. The van der Waals surface area contributed by atoms with Crippen LogP contribution in [0.15, 0.2) is 24.3 Å². The van der Waals surface area contributed by atoms with Crippen molar-refractivity contribution in [2.45, 2.75) is 32.2 Å². The van der Waals surface area contributed by atoms with Crippen LogP contribution >= 0.6 is 0 Å². The Balaban J connectivity index is 2.49. The maximum Gasteiger partial charge on any atom is 0.237 e. The molecule has 4 heteroatoms. The lowest BCUT2D eigenvalue weighted by molar-refractivity contribution is -0.123. The van der Waals surface area contributed by atoms with Crippen molar-refractivity contribution in [3.63, 3.8) is 0 Å². The normalized spacial score (nSPS) is 13.9. The van der Waals surface area contributed by atoms with Gasteiger partial charge in [0.2, 0.25) is 5.91 Å². The average Bonchev–Trinajstić information content (AvgIpc) is 2.38. The summed E-state index contributed by atoms with van der Waals surface area (Å²) in [4.78, 5) is 13.6. The molecule has 1 unspecified atom stereocenters. The van der Waals surface area contributed by atoms with Gasteiger partial charge in [-0.05, 0) is 45.9 Å². The average molecular weight is 263 g/mol. The molecule has 0 saturated heterocycles. The number of nitrogens with two attached hydrogens (primary N) is 1. The molecule has 0 bridgehead atoms. The number of nitrogens with zero attached hydrogens (tertiary/aromatic N) is 1. The molecule has 0 aliphatic heterocycles. The van der Waals surface area contributed by atoms with Crippen molar-refractivity contribution in [1.82, 2.24) is 5.32 Å². The molecule has 0 aliphatic carbocycles. The number of benzene rings is 1. The van der Waals surface area contributed by atoms with Crippen LogP contribution in [-0.2, 0) is 4.79 Å². The smallest absolute Gasteiger partial charge is 0.237 e. The highest BCUT2D eigenvalue weighted by atomic mass is 16.1. The Kier molecular flexibility index (Phi) is 5.36. The van der Waals surface area contributed by atoms with Crippen LogP contribution in [0.2, 0.25) is 0 Å². The van der Waals surface area contributed by atoms with Crippen molar-refractivity contribution in [2.24, 2.45) is 5.73 Å². The number of rotatable bonds is 7. The number of amides is 1. The van der Waals surface area contributed by atoms with Crippen LogP contribution in [0, 0.1) is 6.92 Å². The van der Waals surface area contributed by atoms with Crippen LogP contribution in [-0.4, -0.2) is 32.1 Å². The van der Waals surface area contributed by atoms with Crippen molar-refractivity contribution in [1.29, 1.82) is 0 Å². The summed E-state index contributed by atoms with van der Waals surface area (Å²) in [5, 5.41) is 3.01. The fourth-order valence-electron chi connectivity index (χ4n) is 1.97. The first kappa shape index (κ1) is 15.5. The molecule has 0 aromatic heterocycles. The zero-order valence-corrected chi connectivity index (χ0v) is 12.4. The summed E-state index contributed by atoms with van der Waals surface area (Å²) in [6.45, 7) is 4.82. The van der Waals surface area contributed by atoms with Gasteiger partial charge < -0.3 is 16.0 Å². The van der Waals surface area contributed by atoms with Crippen molar-refractivity contribution in [2.75, 3.05) is 25.5 Å².